The van der Waals surface area contributed by atoms with Gasteiger partial charge in [-0.05, 0) is 39.3 Å². The van der Waals surface area contributed by atoms with Crippen LogP contribution in [0.4, 0.5) is 4.79 Å². The first kappa shape index (κ1) is 13.8. The summed E-state index contributed by atoms with van der Waals surface area (Å²) in [6.45, 7) is 7.67. The first-order valence-corrected chi connectivity index (χ1v) is 5.73. The number of ether oxygens (including phenoxy) is 1. The van der Waals surface area contributed by atoms with Crippen molar-refractivity contribution in [1.82, 2.24) is 10.3 Å². The summed E-state index contributed by atoms with van der Waals surface area (Å²) in [4.78, 5) is 15.5. The lowest BCUT2D eigenvalue weighted by Crippen LogP contribution is -2.32. The molecule has 5 heteroatoms. The van der Waals surface area contributed by atoms with Crippen LogP contribution in [0, 0.1) is 6.92 Å². The highest BCUT2D eigenvalue weighted by atomic mass is 35.5. The molecule has 0 atom stereocenters. The quantitative estimate of drug-likeness (QED) is 0.885. The maximum atomic E-state index is 11.4. The molecule has 0 bridgehead atoms. The molecule has 17 heavy (non-hydrogen) atoms. The molecule has 1 N–H and O–H groups in total. The van der Waals surface area contributed by atoms with Gasteiger partial charge in [0, 0.05) is 18.4 Å². The van der Waals surface area contributed by atoms with Gasteiger partial charge in [-0.15, -0.1) is 0 Å². The van der Waals surface area contributed by atoms with Crippen molar-refractivity contribution in [3.8, 4) is 0 Å². The fourth-order valence-corrected chi connectivity index (χ4v) is 1.39. The van der Waals surface area contributed by atoms with E-state index in [0.717, 1.165) is 11.3 Å². The van der Waals surface area contributed by atoms with E-state index < -0.39 is 11.7 Å². The number of hydrogen-bond acceptors (Lipinski definition) is 3. The van der Waals surface area contributed by atoms with Gasteiger partial charge in [0.1, 0.15) is 5.60 Å². The van der Waals surface area contributed by atoms with Crippen molar-refractivity contribution in [2.75, 3.05) is 0 Å². The Morgan fingerprint density at radius 2 is 2.18 bits per heavy atom. The van der Waals surface area contributed by atoms with Crippen LogP contribution in [-0.2, 0) is 11.3 Å². The summed E-state index contributed by atoms with van der Waals surface area (Å²) in [7, 11) is 0. The van der Waals surface area contributed by atoms with Crippen LogP contribution in [0.1, 0.15) is 32.0 Å². The zero-order valence-electron chi connectivity index (χ0n) is 10.5. The number of nitrogens with zero attached hydrogens (tertiary/aromatic N) is 1. The molecular weight excluding hydrogens is 240 g/mol. The van der Waals surface area contributed by atoms with Crippen molar-refractivity contribution in [1.29, 1.82) is 0 Å². The molecule has 0 aromatic carbocycles. The number of pyridine rings is 1. The van der Waals surface area contributed by atoms with Crippen molar-refractivity contribution >= 4 is 17.7 Å². The Morgan fingerprint density at radius 3 is 2.76 bits per heavy atom. The first-order valence-electron chi connectivity index (χ1n) is 5.36. The smallest absolute Gasteiger partial charge is 0.407 e. The second-order valence-electron chi connectivity index (χ2n) is 4.75. The molecule has 1 rings (SSSR count). The number of alkyl carbamates (subject to hydrolysis) is 1. The Kier molecular flexibility index (Phi) is 4.34. The van der Waals surface area contributed by atoms with Crippen LogP contribution in [-0.4, -0.2) is 16.7 Å². The summed E-state index contributed by atoms with van der Waals surface area (Å²) in [6, 6.07) is 1.78. The van der Waals surface area contributed by atoms with Gasteiger partial charge in [-0.25, -0.2) is 4.79 Å². The Hall–Kier alpha value is -1.29. The van der Waals surface area contributed by atoms with E-state index in [-0.39, 0.29) is 0 Å². The number of amides is 1. The zero-order valence-corrected chi connectivity index (χ0v) is 11.3. The van der Waals surface area contributed by atoms with E-state index in [1.54, 1.807) is 12.3 Å². The minimum absolute atomic E-state index is 0.355. The highest BCUT2D eigenvalue weighted by Crippen LogP contribution is 2.13. The van der Waals surface area contributed by atoms with E-state index in [4.69, 9.17) is 16.3 Å². The second kappa shape index (κ2) is 5.36. The van der Waals surface area contributed by atoms with E-state index in [1.165, 1.54) is 0 Å². The average molecular weight is 257 g/mol. The summed E-state index contributed by atoms with van der Waals surface area (Å²) in [5.41, 5.74) is 1.22. The molecule has 0 radical (unpaired) electrons. The molecule has 4 nitrogen and oxygen atoms in total. The lowest BCUT2D eigenvalue weighted by molar-refractivity contribution is 0.0523. The Bertz CT molecular complexity index is 413. The van der Waals surface area contributed by atoms with Crippen LogP contribution in [0.15, 0.2) is 12.3 Å². The Morgan fingerprint density at radius 1 is 1.53 bits per heavy atom. The molecule has 0 aliphatic rings. The Balaban J connectivity index is 2.56. The lowest BCUT2D eigenvalue weighted by Gasteiger charge is -2.19. The van der Waals surface area contributed by atoms with E-state index in [9.17, 15) is 4.79 Å². The molecule has 0 saturated carbocycles. The molecule has 1 aromatic heterocycles. The number of carbonyl (C=O) groups excluding carboxylic acids is 1. The maximum absolute atomic E-state index is 11.4. The molecule has 0 saturated heterocycles. The maximum Gasteiger partial charge on any atom is 0.407 e. The minimum Gasteiger partial charge on any atom is -0.444 e. The van der Waals surface area contributed by atoms with Crippen molar-refractivity contribution in [2.45, 2.75) is 39.8 Å². The third-order valence-corrected chi connectivity index (χ3v) is 2.19. The summed E-state index contributed by atoms with van der Waals surface area (Å²) in [5.74, 6) is 0. The predicted octanol–water partition coefficient (Wildman–Crippen LogP) is 3.07. The highest BCUT2D eigenvalue weighted by molar-refractivity contribution is 6.30. The molecule has 1 heterocycles. The van der Waals surface area contributed by atoms with Crippen molar-refractivity contribution < 1.29 is 9.53 Å². The van der Waals surface area contributed by atoms with Crippen molar-refractivity contribution in [3.05, 3.63) is 28.5 Å². The van der Waals surface area contributed by atoms with E-state index in [2.05, 4.69) is 10.3 Å². The topological polar surface area (TPSA) is 51.2 Å². The number of carbonyl (C=O) groups is 1. The monoisotopic (exact) mass is 256 g/mol. The molecule has 94 valence electrons. The Labute approximate surface area is 106 Å². The number of aryl methyl sites for hydroxylation is 1. The van der Waals surface area contributed by atoms with Crippen LogP contribution in [0.2, 0.25) is 5.02 Å². The fraction of sp³-hybridized carbons (Fsp3) is 0.500. The number of nitrogens with one attached hydrogen (secondary N) is 1. The number of halogens is 1. The third-order valence-electron chi connectivity index (χ3n) is 1.98. The van der Waals surface area contributed by atoms with Crippen LogP contribution in [0.3, 0.4) is 0 Å². The van der Waals surface area contributed by atoms with Crippen LogP contribution >= 0.6 is 11.6 Å². The lowest BCUT2D eigenvalue weighted by atomic mass is 10.2. The average Bonchev–Trinajstić information content (AvgIpc) is 2.17. The van der Waals surface area contributed by atoms with E-state index in [1.807, 2.05) is 27.7 Å². The van der Waals surface area contributed by atoms with Gasteiger partial charge in [0.25, 0.3) is 0 Å². The summed E-state index contributed by atoms with van der Waals surface area (Å²) in [5, 5.41) is 3.22. The van der Waals surface area contributed by atoms with Gasteiger partial charge < -0.3 is 10.1 Å². The van der Waals surface area contributed by atoms with Crippen LogP contribution in [0.25, 0.3) is 0 Å². The summed E-state index contributed by atoms with van der Waals surface area (Å²) >= 11 is 5.83. The molecular formula is C12H17ClN2O2. The van der Waals surface area contributed by atoms with Gasteiger partial charge in [-0.2, -0.15) is 0 Å². The normalized spacial score (nSPS) is 11.1. The largest absolute Gasteiger partial charge is 0.444 e. The molecule has 1 amide bonds. The number of aromatic nitrogens is 1. The van der Waals surface area contributed by atoms with E-state index >= 15 is 0 Å². The first-order chi connectivity index (χ1) is 7.78. The highest BCUT2D eigenvalue weighted by Gasteiger charge is 2.15. The van der Waals surface area contributed by atoms with Crippen molar-refractivity contribution in [3.63, 3.8) is 0 Å². The third kappa shape index (κ3) is 5.04. The van der Waals surface area contributed by atoms with Gasteiger partial charge >= 0.3 is 6.09 Å². The van der Waals surface area contributed by atoms with Gasteiger partial charge in [0.15, 0.2) is 0 Å². The zero-order chi connectivity index (χ0) is 13.1. The van der Waals surface area contributed by atoms with E-state index in [0.29, 0.717) is 11.6 Å². The van der Waals surface area contributed by atoms with Crippen molar-refractivity contribution in [2.24, 2.45) is 0 Å². The number of hydrogen-bond donors (Lipinski definition) is 1. The van der Waals surface area contributed by atoms with Gasteiger partial charge in [-0.3, -0.25) is 4.98 Å². The fourth-order valence-electron chi connectivity index (χ4n) is 1.21. The number of rotatable bonds is 2. The molecule has 1 aromatic rings. The molecule has 0 spiro atoms. The predicted molar refractivity (Wildman–Crippen MR) is 67.1 cm³/mol. The van der Waals surface area contributed by atoms with Gasteiger partial charge in [-0.1, -0.05) is 11.6 Å². The van der Waals surface area contributed by atoms with Gasteiger partial charge in [0.2, 0.25) is 0 Å². The molecule has 0 aliphatic heterocycles. The van der Waals surface area contributed by atoms with Crippen LogP contribution < -0.4 is 5.32 Å². The molecule has 0 aliphatic carbocycles. The molecule has 0 unspecified atom stereocenters. The second-order valence-corrected chi connectivity index (χ2v) is 5.19. The minimum atomic E-state index is -0.494. The van der Waals surface area contributed by atoms with Gasteiger partial charge in [0.05, 0.1) is 5.02 Å². The summed E-state index contributed by atoms with van der Waals surface area (Å²) < 4.78 is 5.13. The standard InChI is InChI=1S/C12H17ClN2O2/c1-8-9(5-10(13)7-14-8)6-15-11(16)17-12(2,3)4/h5,7H,6H2,1-4H3,(H,15,16). The molecule has 0 fully saturated rings. The van der Waals surface area contributed by atoms with Crippen LogP contribution in [0.5, 0.6) is 0 Å². The summed E-state index contributed by atoms with van der Waals surface area (Å²) in [6.07, 6.45) is 1.13. The SMILES string of the molecule is Cc1ncc(Cl)cc1CNC(=O)OC(C)(C)C.